The van der Waals surface area contributed by atoms with Gasteiger partial charge >= 0.3 is 0 Å². The maximum atomic E-state index is 12.9. The summed E-state index contributed by atoms with van der Waals surface area (Å²) in [5, 5.41) is 1.96. The van der Waals surface area contributed by atoms with Gasteiger partial charge < -0.3 is 0 Å². The standard InChI is InChI=1S/C13H17FN2O/c1-2-3-8-16-12(9-13(17)15-16)10-4-6-11(14)7-5-10/h4-7,12H,2-3,8-9H2,1H3,(H,15,17). The lowest BCUT2D eigenvalue weighted by Crippen LogP contribution is -2.35. The van der Waals surface area contributed by atoms with Crippen molar-refractivity contribution in [3.63, 3.8) is 0 Å². The molecule has 0 aliphatic carbocycles. The van der Waals surface area contributed by atoms with Gasteiger partial charge in [-0.3, -0.25) is 10.2 Å². The molecule has 2 rings (SSSR count). The van der Waals surface area contributed by atoms with Gasteiger partial charge in [0.05, 0.1) is 6.04 Å². The van der Waals surface area contributed by atoms with Crippen LogP contribution in [0.2, 0.25) is 0 Å². The van der Waals surface area contributed by atoms with E-state index in [9.17, 15) is 9.18 Å². The summed E-state index contributed by atoms with van der Waals surface area (Å²) in [4.78, 5) is 11.4. The molecular formula is C13H17FN2O. The van der Waals surface area contributed by atoms with Gasteiger partial charge in [0.15, 0.2) is 0 Å². The number of halogens is 1. The van der Waals surface area contributed by atoms with Gasteiger partial charge in [0.25, 0.3) is 0 Å². The lowest BCUT2D eigenvalue weighted by molar-refractivity contribution is -0.121. The van der Waals surface area contributed by atoms with Gasteiger partial charge in [-0.05, 0) is 24.1 Å². The second kappa shape index (κ2) is 5.27. The number of hydrogen-bond donors (Lipinski definition) is 1. The zero-order valence-corrected chi connectivity index (χ0v) is 9.95. The number of carbonyl (C=O) groups is 1. The van der Waals surface area contributed by atoms with Gasteiger partial charge in [0, 0.05) is 13.0 Å². The van der Waals surface area contributed by atoms with Crippen molar-refractivity contribution in [3.8, 4) is 0 Å². The number of amides is 1. The van der Waals surface area contributed by atoms with E-state index < -0.39 is 0 Å². The summed E-state index contributed by atoms with van der Waals surface area (Å²) in [5.41, 5.74) is 3.84. The van der Waals surface area contributed by atoms with Crippen molar-refractivity contribution in [2.75, 3.05) is 6.54 Å². The first-order chi connectivity index (χ1) is 8.20. The highest BCUT2D eigenvalue weighted by molar-refractivity contribution is 5.78. The Balaban J connectivity index is 2.11. The Hall–Kier alpha value is -1.42. The molecular weight excluding hydrogens is 219 g/mol. The fourth-order valence-corrected chi connectivity index (χ4v) is 2.09. The monoisotopic (exact) mass is 236 g/mol. The van der Waals surface area contributed by atoms with Crippen LogP contribution >= 0.6 is 0 Å². The third-order valence-corrected chi connectivity index (χ3v) is 3.03. The average molecular weight is 236 g/mol. The molecule has 1 aromatic carbocycles. The zero-order valence-electron chi connectivity index (χ0n) is 9.95. The van der Waals surface area contributed by atoms with Crippen LogP contribution in [0, 0.1) is 5.82 Å². The number of nitrogens with zero attached hydrogens (tertiary/aromatic N) is 1. The van der Waals surface area contributed by atoms with Crippen molar-refractivity contribution >= 4 is 5.91 Å². The lowest BCUT2D eigenvalue weighted by Gasteiger charge is -2.23. The fourth-order valence-electron chi connectivity index (χ4n) is 2.09. The van der Waals surface area contributed by atoms with Crippen LogP contribution in [-0.2, 0) is 4.79 Å². The summed E-state index contributed by atoms with van der Waals surface area (Å²) in [6.07, 6.45) is 2.58. The van der Waals surface area contributed by atoms with Crippen LogP contribution in [0.25, 0.3) is 0 Å². The Bertz CT molecular complexity index is 391. The van der Waals surface area contributed by atoms with E-state index in [0.717, 1.165) is 24.9 Å². The van der Waals surface area contributed by atoms with E-state index in [0.29, 0.717) is 6.42 Å². The fraction of sp³-hybridized carbons (Fsp3) is 0.462. The van der Waals surface area contributed by atoms with Crippen molar-refractivity contribution in [1.82, 2.24) is 10.4 Å². The normalized spacial score (nSPS) is 20.6. The second-order valence-electron chi connectivity index (χ2n) is 4.35. The Kier molecular flexibility index (Phi) is 3.74. The van der Waals surface area contributed by atoms with E-state index in [1.807, 2.05) is 5.01 Å². The number of hydrazine groups is 1. The Morgan fingerprint density at radius 2 is 2.12 bits per heavy atom. The van der Waals surface area contributed by atoms with Crippen LogP contribution in [0.3, 0.4) is 0 Å². The van der Waals surface area contributed by atoms with E-state index in [1.54, 1.807) is 12.1 Å². The molecule has 0 bridgehead atoms. The number of unbranched alkanes of at least 4 members (excludes halogenated alkanes) is 1. The minimum Gasteiger partial charge on any atom is -0.288 e. The van der Waals surface area contributed by atoms with Crippen LogP contribution in [0.15, 0.2) is 24.3 Å². The van der Waals surface area contributed by atoms with E-state index in [-0.39, 0.29) is 17.8 Å². The highest BCUT2D eigenvalue weighted by Gasteiger charge is 2.30. The average Bonchev–Trinajstić information content (AvgIpc) is 2.69. The summed E-state index contributed by atoms with van der Waals surface area (Å²) in [5.74, 6) is -0.207. The summed E-state index contributed by atoms with van der Waals surface area (Å²) < 4.78 is 12.9. The highest BCUT2D eigenvalue weighted by atomic mass is 19.1. The Morgan fingerprint density at radius 3 is 2.76 bits per heavy atom. The van der Waals surface area contributed by atoms with Crippen LogP contribution in [-0.4, -0.2) is 17.5 Å². The van der Waals surface area contributed by atoms with Gasteiger partial charge in [0.1, 0.15) is 5.82 Å². The first-order valence-electron chi connectivity index (χ1n) is 6.02. The molecule has 1 saturated heterocycles. The molecule has 1 unspecified atom stereocenters. The first-order valence-corrected chi connectivity index (χ1v) is 6.02. The minimum atomic E-state index is -0.244. The Labute approximate surface area is 101 Å². The minimum absolute atomic E-state index is 0.0367. The summed E-state index contributed by atoms with van der Waals surface area (Å²) in [6, 6.07) is 6.42. The molecule has 1 N–H and O–H groups in total. The van der Waals surface area contributed by atoms with E-state index in [4.69, 9.17) is 0 Å². The number of nitrogens with one attached hydrogen (secondary N) is 1. The Morgan fingerprint density at radius 1 is 1.41 bits per heavy atom. The van der Waals surface area contributed by atoms with Gasteiger partial charge in [-0.15, -0.1) is 0 Å². The third-order valence-electron chi connectivity index (χ3n) is 3.03. The molecule has 1 aliphatic heterocycles. The quantitative estimate of drug-likeness (QED) is 0.870. The number of benzene rings is 1. The van der Waals surface area contributed by atoms with Gasteiger partial charge in [0.2, 0.25) is 5.91 Å². The van der Waals surface area contributed by atoms with Gasteiger partial charge in [-0.2, -0.15) is 0 Å². The molecule has 1 fully saturated rings. The molecule has 1 amide bonds. The van der Waals surface area contributed by atoms with Crippen LogP contribution in [0.5, 0.6) is 0 Å². The molecule has 1 heterocycles. The molecule has 0 aromatic heterocycles. The SMILES string of the molecule is CCCCN1NC(=O)CC1c1ccc(F)cc1. The first kappa shape index (κ1) is 12.0. The molecule has 0 radical (unpaired) electrons. The molecule has 1 aliphatic rings. The van der Waals surface area contributed by atoms with Crippen LogP contribution in [0.1, 0.15) is 37.8 Å². The molecule has 92 valence electrons. The maximum Gasteiger partial charge on any atom is 0.236 e. The number of rotatable bonds is 4. The lowest BCUT2D eigenvalue weighted by atomic mass is 10.0. The third kappa shape index (κ3) is 2.82. The molecule has 1 aromatic rings. The molecule has 3 nitrogen and oxygen atoms in total. The smallest absolute Gasteiger partial charge is 0.236 e. The predicted octanol–water partition coefficient (Wildman–Crippen LogP) is 2.40. The van der Waals surface area contributed by atoms with Crippen LogP contribution in [0.4, 0.5) is 4.39 Å². The van der Waals surface area contributed by atoms with E-state index in [1.165, 1.54) is 12.1 Å². The van der Waals surface area contributed by atoms with Crippen molar-refractivity contribution < 1.29 is 9.18 Å². The van der Waals surface area contributed by atoms with Crippen LogP contribution < -0.4 is 5.43 Å². The molecule has 0 spiro atoms. The zero-order chi connectivity index (χ0) is 12.3. The molecule has 4 heteroatoms. The summed E-state index contributed by atoms with van der Waals surface area (Å²) in [6.45, 7) is 2.95. The molecule has 0 saturated carbocycles. The largest absolute Gasteiger partial charge is 0.288 e. The maximum absolute atomic E-state index is 12.9. The van der Waals surface area contributed by atoms with Crippen molar-refractivity contribution in [2.45, 2.75) is 32.2 Å². The molecule has 17 heavy (non-hydrogen) atoms. The van der Waals surface area contributed by atoms with E-state index in [2.05, 4.69) is 12.3 Å². The van der Waals surface area contributed by atoms with Crippen molar-refractivity contribution in [3.05, 3.63) is 35.6 Å². The van der Waals surface area contributed by atoms with Gasteiger partial charge in [-0.1, -0.05) is 25.5 Å². The van der Waals surface area contributed by atoms with Gasteiger partial charge in [-0.25, -0.2) is 9.40 Å². The highest BCUT2D eigenvalue weighted by Crippen LogP contribution is 2.27. The van der Waals surface area contributed by atoms with Crippen molar-refractivity contribution in [1.29, 1.82) is 0 Å². The second-order valence-corrected chi connectivity index (χ2v) is 4.35. The molecule has 1 atom stereocenters. The summed E-state index contributed by atoms with van der Waals surface area (Å²) >= 11 is 0. The van der Waals surface area contributed by atoms with E-state index >= 15 is 0 Å². The summed E-state index contributed by atoms with van der Waals surface area (Å²) in [7, 11) is 0. The van der Waals surface area contributed by atoms with Crippen molar-refractivity contribution in [2.24, 2.45) is 0 Å². The number of carbonyl (C=O) groups excluding carboxylic acids is 1. The number of hydrogen-bond acceptors (Lipinski definition) is 2. The topological polar surface area (TPSA) is 32.3 Å². The predicted molar refractivity (Wildman–Crippen MR) is 63.5 cm³/mol.